The molecule has 0 fully saturated rings. The Kier molecular flexibility index (Phi) is 5.55. The first-order valence-corrected chi connectivity index (χ1v) is 10.5. The lowest BCUT2D eigenvalue weighted by molar-refractivity contribution is 0.0938. The fourth-order valence-corrected chi connectivity index (χ4v) is 4.15. The molecule has 2 aromatic heterocycles. The normalized spacial score (nSPS) is 10.8. The van der Waals surface area contributed by atoms with Gasteiger partial charge in [-0.1, -0.05) is 48.2 Å². The molecule has 0 aliphatic rings. The van der Waals surface area contributed by atoms with Crippen LogP contribution in [0.5, 0.6) is 5.75 Å². The summed E-state index contributed by atoms with van der Waals surface area (Å²) in [6, 6.07) is 21.2. The van der Waals surface area contributed by atoms with E-state index in [0.717, 1.165) is 16.9 Å². The summed E-state index contributed by atoms with van der Waals surface area (Å²) in [6.45, 7) is 0. The second-order valence-corrected chi connectivity index (χ2v) is 7.81. The van der Waals surface area contributed by atoms with Gasteiger partial charge in [-0.2, -0.15) is 4.68 Å². The summed E-state index contributed by atoms with van der Waals surface area (Å²) in [5, 5.41) is 6.96. The lowest BCUT2D eigenvalue weighted by atomic mass is 10.2. The van der Waals surface area contributed by atoms with Gasteiger partial charge in [0.1, 0.15) is 5.75 Å². The van der Waals surface area contributed by atoms with Crippen molar-refractivity contribution in [3.8, 4) is 17.1 Å². The molecule has 4 aromatic rings. The number of ether oxygens (including phenoxy) is 1. The van der Waals surface area contributed by atoms with E-state index < -0.39 is 0 Å². The largest absolute Gasteiger partial charge is 0.497 e. The number of thiophene rings is 1. The van der Waals surface area contributed by atoms with Crippen LogP contribution in [-0.4, -0.2) is 27.8 Å². The van der Waals surface area contributed by atoms with Crippen LogP contribution in [0.1, 0.15) is 15.2 Å². The molecule has 28 heavy (non-hydrogen) atoms. The number of carbonyl (C=O) groups is 1. The number of benzene rings is 2. The first kappa shape index (κ1) is 18.5. The highest BCUT2D eigenvalue weighted by atomic mass is 32.2. The van der Waals surface area contributed by atoms with Gasteiger partial charge < -0.3 is 4.74 Å². The summed E-state index contributed by atoms with van der Waals surface area (Å²) < 4.78 is 6.61. The van der Waals surface area contributed by atoms with Crippen LogP contribution in [0.2, 0.25) is 0 Å². The molecule has 0 saturated heterocycles. The van der Waals surface area contributed by atoms with E-state index in [9.17, 15) is 4.79 Å². The highest BCUT2D eigenvalue weighted by molar-refractivity contribution is 7.98. The number of nitrogens with zero attached hydrogens (tertiary/aromatic N) is 3. The fourth-order valence-electron chi connectivity index (χ4n) is 2.61. The Bertz CT molecular complexity index is 1060. The third-order valence-electron chi connectivity index (χ3n) is 4.06. The van der Waals surface area contributed by atoms with Crippen LogP contribution >= 0.6 is 23.1 Å². The van der Waals surface area contributed by atoms with Crippen molar-refractivity contribution in [2.24, 2.45) is 0 Å². The maximum atomic E-state index is 12.9. The zero-order chi connectivity index (χ0) is 19.3. The molecular formula is C21H17N3O2S2. The standard InChI is InChI=1S/C21H17N3O2S2/c1-26-17-11-9-16(10-12-17)19-22-21(28-14-15-6-3-2-4-7-15)24(23-19)20(25)18-8-5-13-27-18/h2-13H,14H2,1H3. The van der Waals surface area contributed by atoms with Crippen LogP contribution < -0.4 is 4.74 Å². The fraction of sp³-hybridized carbons (Fsp3) is 0.0952. The molecule has 5 nitrogen and oxygen atoms in total. The van der Waals surface area contributed by atoms with Gasteiger partial charge in [0.05, 0.1) is 12.0 Å². The second-order valence-electron chi connectivity index (χ2n) is 5.92. The van der Waals surface area contributed by atoms with Crippen LogP contribution in [0.15, 0.2) is 77.3 Å². The van der Waals surface area contributed by atoms with E-state index in [-0.39, 0.29) is 5.91 Å². The molecule has 0 unspecified atom stereocenters. The first-order valence-electron chi connectivity index (χ1n) is 8.61. The number of hydrogen-bond donors (Lipinski definition) is 0. The number of hydrogen-bond acceptors (Lipinski definition) is 6. The van der Waals surface area contributed by atoms with Crippen LogP contribution in [-0.2, 0) is 5.75 Å². The quantitative estimate of drug-likeness (QED) is 0.421. The lowest BCUT2D eigenvalue weighted by Crippen LogP contribution is -2.13. The number of thioether (sulfide) groups is 1. The van der Waals surface area contributed by atoms with Gasteiger partial charge >= 0.3 is 0 Å². The highest BCUT2D eigenvalue weighted by Crippen LogP contribution is 2.27. The second kappa shape index (κ2) is 8.41. The predicted molar refractivity (Wildman–Crippen MR) is 112 cm³/mol. The highest BCUT2D eigenvalue weighted by Gasteiger charge is 2.20. The van der Waals surface area contributed by atoms with Gasteiger partial charge in [-0.3, -0.25) is 4.79 Å². The Hall–Kier alpha value is -2.90. The van der Waals surface area contributed by atoms with E-state index in [1.807, 2.05) is 53.9 Å². The smallest absolute Gasteiger partial charge is 0.290 e. The number of carbonyl (C=O) groups excluding carboxylic acids is 1. The monoisotopic (exact) mass is 407 g/mol. The van der Waals surface area contributed by atoms with Crippen molar-refractivity contribution in [1.82, 2.24) is 14.8 Å². The molecule has 0 atom stereocenters. The summed E-state index contributed by atoms with van der Waals surface area (Å²) in [5.41, 5.74) is 2.00. The van der Waals surface area contributed by atoms with Crippen LogP contribution in [0.25, 0.3) is 11.4 Å². The Morgan fingerprint density at radius 1 is 1.07 bits per heavy atom. The topological polar surface area (TPSA) is 57.0 Å². The minimum atomic E-state index is -0.169. The summed E-state index contributed by atoms with van der Waals surface area (Å²) in [6.07, 6.45) is 0. The molecule has 0 amide bonds. The van der Waals surface area contributed by atoms with E-state index in [2.05, 4.69) is 22.2 Å². The average molecular weight is 408 g/mol. The van der Waals surface area contributed by atoms with Gasteiger partial charge in [0.25, 0.3) is 5.91 Å². The molecule has 0 bridgehead atoms. The Morgan fingerprint density at radius 3 is 2.54 bits per heavy atom. The van der Waals surface area contributed by atoms with Gasteiger partial charge in [0.2, 0.25) is 0 Å². The Labute approximate surface area is 171 Å². The molecule has 7 heteroatoms. The van der Waals surface area contributed by atoms with Crippen molar-refractivity contribution >= 4 is 29.0 Å². The van der Waals surface area contributed by atoms with Crippen LogP contribution in [0.4, 0.5) is 0 Å². The van der Waals surface area contributed by atoms with E-state index in [1.165, 1.54) is 27.8 Å². The van der Waals surface area contributed by atoms with Crippen molar-refractivity contribution in [3.05, 3.63) is 82.6 Å². The van der Waals surface area contributed by atoms with E-state index in [1.54, 1.807) is 13.2 Å². The number of rotatable bonds is 6. The Morgan fingerprint density at radius 2 is 1.86 bits per heavy atom. The maximum Gasteiger partial charge on any atom is 0.290 e. The van der Waals surface area contributed by atoms with Gasteiger partial charge in [0, 0.05) is 11.3 Å². The van der Waals surface area contributed by atoms with Crippen LogP contribution in [0, 0.1) is 0 Å². The molecular weight excluding hydrogens is 390 g/mol. The van der Waals surface area contributed by atoms with Crippen molar-refractivity contribution in [2.45, 2.75) is 10.9 Å². The molecule has 140 valence electrons. The first-order chi connectivity index (χ1) is 13.7. The molecule has 0 spiro atoms. The van der Waals surface area contributed by atoms with Crippen LogP contribution in [0.3, 0.4) is 0 Å². The summed E-state index contributed by atoms with van der Waals surface area (Å²) in [7, 11) is 1.63. The average Bonchev–Trinajstić information content (AvgIpc) is 3.43. The Balaban J connectivity index is 1.67. The minimum absolute atomic E-state index is 0.169. The summed E-state index contributed by atoms with van der Waals surface area (Å²) in [5.74, 6) is 1.82. The van der Waals surface area contributed by atoms with Gasteiger partial charge in [0.15, 0.2) is 11.0 Å². The molecule has 0 radical (unpaired) electrons. The SMILES string of the molecule is COc1ccc(-c2nc(SCc3ccccc3)n(C(=O)c3cccs3)n2)cc1. The third-order valence-corrected chi connectivity index (χ3v) is 5.92. The maximum absolute atomic E-state index is 12.9. The number of aromatic nitrogens is 3. The van der Waals surface area contributed by atoms with Crippen molar-refractivity contribution in [2.75, 3.05) is 7.11 Å². The summed E-state index contributed by atoms with van der Waals surface area (Å²) in [4.78, 5) is 18.2. The number of methoxy groups -OCH3 is 1. The molecule has 0 saturated carbocycles. The van der Waals surface area contributed by atoms with Crippen molar-refractivity contribution < 1.29 is 9.53 Å². The van der Waals surface area contributed by atoms with E-state index in [0.29, 0.717) is 21.6 Å². The molecule has 0 N–H and O–H groups in total. The van der Waals surface area contributed by atoms with Crippen molar-refractivity contribution in [1.29, 1.82) is 0 Å². The van der Waals surface area contributed by atoms with Gasteiger partial charge in [-0.15, -0.1) is 16.4 Å². The predicted octanol–water partition coefficient (Wildman–Crippen LogP) is 5.00. The zero-order valence-electron chi connectivity index (χ0n) is 15.1. The van der Waals surface area contributed by atoms with E-state index in [4.69, 9.17) is 4.74 Å². The molecule has 2 aromatic carbocycles. The van der Waals surface area contributed by atoms with Crippen molar-refractivity contribution in [3.63, 3.8) is 0 Å². The van der Waals surface area contributed by atoms with E-state index >= 15 is 0 Å². The molecule has 4 rings (SSSR count). The minimum Gasteiger partial charge on any atom is -0.497 e. The molecule has 2 heterocycles. The lowest BCUT2D eigenvalue weighted by Gasteiger charge is -2.03. The summed E-state index contributed by atoms with van der Waals surface area (Å²) >= 11 is 2.89. The van der Waals surface area contributed by atoms with Gasteiger partial charge in [-0.05, 0) is 41.3 Å². The zero-order valence-corrected chi connectivity index (χ0v) is 16.7. The third kappa shape index (κ3) is 4.00. The molecule has 0 aliphatic heterocycles. The molecule has 0 aliphatic carbocycles. The van der Waals surface area contributed by atoms with Gasteiger partial charge in [-0.25, -0.2) is 4.98 Å².